The molecule has 5 heteroatoms. The van der Waals surface area contributed by atoms with Crippen molar-refractivity contribution in [3.63, 3.8) is 0 Å². The highest BCUT2D eigenvalue weighted by molar-refractivity contribution is 5.97. The van der Waals surface area contributed by atoms with Gasteiger partial charge in [0.1, 0.15) is 11.5 Å². The van der Waals surface area contributed by atoms with E-state index in [9.17, 15) is 4.79 Å². The molecule has 3 aromatic carbocycles. The Hall–Kier alpha value is -3.73. The normalized spacial score (nSPS) is 15.5. The van der Waals surface area contributed by atoms with Gasteiger partial charge in [-0.1, -0.05) is 54.6 Å². The zero-order valence-electron chi connectivity index (χ0n) is 19.2. The zero-order chi connectivity index (χ0) is 23.2. The molecule has 3 aromatic rings. The number of carbonyl (C=O) groups excluding carboxylic acids is 1. The average molecular weight is 445 g/mol. The van der Waals surface area contributed by atoms with Crippen molar-refractivity contribution >= 4 is 11.4 Å². The number of hydrogen-bond acceptors (Lipinski definition) is 5. The van der Waals surface area contributed by atoms with Crippen molar-refractivity contribution in [3.8, 4) is 28.7 Å². The summed E-state index contributed by atoms with van der Waals surface area (Å²) in [5.41, 5.74) is 2.80. The van der Waals surface area contributed by atoms with Crippen LogP contribution in [0, 0.1) is 5.92 Å². The van der Waals surface area contributed by atoms with E-state index in [1.54, 1.807) is 21.3 Å². The number of Topliss-reactive ketones (excluding diaryl/α,β-unsaturated/α-hetero) is 1. The van der Waals surface area contributed by atoms with Crippen molar-refractivity contribution in [2.45, 2.75) is 19.3 Å². The third kappa shape index (κ3) is 4.72. The Labute approximate surface area is 194 Å². The number of para-hydroxylation sites is 1. The molecule has 1 atom stereocenters. The first-order valence-corrected chi connectivity index (χ1v) is 11.0. The zero-order valence-corrected chi connectivity index (χ0v) is 19.2. The second kappa shape index (κ2) is 10.3. The first-order chi connectivity index (χ1) is 16.2. The van der Waals surface area contributed by atoms with Crippen molar-refractivity contribution in [1.82, 2.24) is 0 Å². The lowest BCUT2D eigenvalue weighted by Gasteiger charge is -2.27. The fourth-order valence-corrected chi connectivity index (χ4v) is 4.28. The van der Waals surface area contributed by atoms with E-state index in [0.29, 0.717) is 48.0 Å². The van der Waals surface area contributed by atoms with Crippen molar-refractivity contribution in [3.05, 3.63) is 83.9 Å². The van der Waals surface area contributed by atoms with Gasteiger partial charge in [-0.25, -0.2) is 0 Å². The molecular formula is C28H28O5. The molecule has 0 N–H and O–H groups in total. The topological polar surface area (TPSA) is 54.0 Å². The lowest BCUT2D eigenvalue weighted by molar-refractivity contribution is -0.121. The van der Waals surface area contributed by atoms with E-state index in [-0.39, 0.29) is 11.7 Å². The molecule has 0 heterocycles. The Morgan fingerprint density at radius 2 is 1.48 bits per heavy atom. The average Bonchev–Trinajstić information content (AvgIpc) is 2.86. The summed E-state index contributed by atoms with van der Waals surface area (Å²) in [6, 6.07) is 21.4. The van der Waals surface area contributed by atoms with Crippen LogP contribution in [0.25, 0.3) is 5.57 Å². The monoisotopic (exact) mass is 444 g/mol. The highest BCUT2D eigenvalue weighted by atomic mass is 16.5. The number of ketones is 1. The van der Waals surface area contributed by atoms with Crippen molar-refractivity contribution in [2.24, 2.45) is 5.92 Å². The molecule has 0 amide bonds. The third-order valence-corrected chi connectivity index (χ3v) is 5.86. The fourth-order valence-electron chi connectivity index (χ4n) is 4.28. The Kier molecular flexibility index (Phi) is 6.98. The summed E-state index contributed by atoms with van der Waals surface area (Å²) in [5.74, 6) is 2.47. The van der Waals surface area contributed by atoms with Crippen LogP contribution in [-0.2, 0) is 11.2 Å². The summed E-state index contributed by atoms with van der Waals surface area (Å²) in [6.45, 7) is 0. The second-order valence-electron chi connectivity index (χ2n) is 7.84. The van der Waals surface area contributed by atoms with E-state index < -0.39 is 0 Å². The van der Waals surface area contributed by atoms with Gasteiger partial charge in [-0.05, 0) is 42.2 Å². The van der Waals surface area contributed by atoms with Crippen LogP contribution in [-0.4, -0.2) is 27.1 Å². The third-order valence-electron chi connectivity index (χ3n) is 5.86. The number of ether oxygens (including phenoxy) is 4. The predicted molar refractivity (Wildman–Crippen MR) is 128 cm³/mol. The molecule has 1 unspecified atom stereocenters. The lowest BCUT2D eigenvalue weighted by atomic mass is 9.78. The van der Waals surface area contributed by atoms with Gasteiger partial charge in [0.2, 0.25) is 11.5 Å². The molecule has 33 heavy (non-hydrogen) atoms. The van der Waals surface area contributed by atoms with Gasteiger partial charge >= 0.3 is 0 Å². The Morgan fingerprint density at radius 3 is 2.12 bits per heavy atom. The Bertz CT molecular complexity index is 1140. The van der Waals surface area contributed by atoms with E-state index in [1.807, 2.05) is 54.6 Å². The van der Waals surface area contributed by atoms with Gasteiger partial charge in [-0.2, -0.15) is 0 Å². The SMILES string of the molecule is COc1cc(C2=CCCC(=O)C2Cc2ccccc2)c(Oc2ccccc2)c(OC)c1OC. The summed E-state index contributed by atoms with van der Waals surface area (Å²) < 4.78 is 23.3. The Balaban J connectivity index is 1.88. The van der Waals surface area contributed by atoms with Crippen LogP contribution >= 0.6 is 0 Å². The Morgan fingerprint density at radius 1 is 0.818 bits per heavy atom. The molecular weight excluding hydrogens is 416 g/mol. The largest absolute Gasteiger partial charge is 0.493 e. The van der Waals surface area contributed by atoms with Gasteiger partial charge in [0, 0.05) is 17.9 Å². The molecule has 0 fully saturated rings. The summed E-state index contributed by atoms with van der Waals surface area (Å²) >= 11 is 0. The first-order valence-electron chi connectivity index (χ1n) is 11.0. The molecule has 1 aliphatic rings. The van der Waals surface area contributed by atoms with E-state index in [0.717, 1.165) is 16.7 Å². The number of allylic oxidation sites excluding steroid dienone is 2. The van der Waals surface area contributed by atoms with Gasteiger partial charge in [0.05, 0.1) is 21.3 Å². The standard InChI is InChI=1S/C28H28O5/c1-30-25-18-23(21-15-10-16-24(29)22(21)17-19-11-6-4-7-12-19)26(28(32-3)27(25)31-2)33-20-13-8-5-9-14-20/h4-9,11-15,18,22H,10,16-17H2,1-3H3. The van der Waals surface area contributed by atoms with Crippen LogP contribution in [0.3, 0.4) is 0 Å². The lowest BCUT2D eigenvalue weighted by Crippen LogP contribution is -2.22. The first kappa shape index (κ1) is 22.5. The smallest absolute Gasteiger partial charge is 0.208 e. The van der Waals surface area contributed by atoms with Crippen LogP contribution in [0.1, 0.15) is 24.0 Å². The number of carbonyl (C=O) groups is 1. The summed E-state index contributed by atoms with van der Waals surface area (Å²) in [6.07, 6.45) is 3.96. The molecule has 170 valence electrons. The van der Waals surface area contributed by atoms with Crippen molar-refractivity contribution < 1.29 is 23.7 Å². The maximum atomic E-state index is 13.1. The number of benzene rings is 3. The van der Waals surface area contributed by atoms with Gasteiger partial charge in [-0.3, -0.25) is 4.79 Å². The highest BCUT2D eigenvalue weighted by Crippen LogP contribution is 2.52. The maximum absolute atomic E-state index is 13.1. The van der Waals surface area contributed by atoms with Crippen LogP contribution < -0.4 is 18.9 Å². The van der Waals surface area contributed by atoms with E-state index in [1.165, 1.54) is 0 Å². The number of methoxy groups -OCH3 is 3. The minimum Gasteiger partial charge on any atom is -0.493 e. The molecule has 0 aliphatic heterocycles. The van der Waals surface area contributed by atoms with Crippen molar-refractivity contribution in [2.75, 3.05) is 21.3 Å². The van der Waals surface area contributed by atoms with Crippen molar-refractivity contribution in [1.29, 1.82) is 0 Å². The minimum atomic E-state index is -0.290. The molecule has 0 saturated heterocycles. The molecule has 0 bridgehead atoms. The molecule has 0 aromatic heterocycles. The van der Waals surface area contributed by atoms with Crippen LogP contribution in [0.5, 0.6) is 28.7 Å². The maximum Gasteiger partial charge on any atom is 0.208 e. The second-order valence-corrected chi connectivity index (χ2v) is 7.84. The van der Waals surface area contributed by atoms with Gasteiger partial charge in [0.15, 0.2) is 11.5 Å². The van der Waals surface area contributed by atoms with Gasteiger partial charge < -0.3 is 18.9 Å². The summed E-state index contributed by atoms with van der Waals surface area (Å²) in [4.78, 5) is 13.1. The van der Waals surface area contributed by atoms with E-state index in [4.69, 9.17) is 18.9 Å². The van der Waals surface area contributed by atoms with Crippen LogP contribution in [0.15, 0.2) is 72.8 Å². The predicted octanol–water partition coefficient (Wildman–Crippen LogP) is 6.11. The molecule has 5 nitrogen and oxygen atoms in total. The van der Waals surface area contributed by atoms with E-state index in [2.05, 4.69) is 18.2 Å². The molecule has 4 rings (SSSR count). The fraction of sp³-hybridized carbons (Fsp3) is 0.250. The van der Waals surface area contributed by atoms with E-state index >= 15 is 0 Å². The highest BCUT2D eigenvalue weighted by Gasteiger charge is 2.32. The summed E-state index contributed by atoms with van der Waals surface area (Å²) in [7, 11) is 4.72. The molecule has 1 aliphatic carbocycles. The molecule has 0 spiro atoms. The number of rotatable bonds is 8. The molecule has 0 saturated carbocycles. The minimum absolute atomic E-state index is 0.218. The van der Waals surface area contributed by atoms with Crippen LogP contribution in [0.4, 0.5) is 0 Å². The summed E-state index contributed by atoms with van der Waals surface area (Å²) in [5, 5.41) is 0. The van der Waals surface area contributed by atoms with Crippen LogP contribution in [0.2, 0.25) is 0 Å². The van der Waals surface area contributed by atoms with Gasteiger partial charge in [-0.15, -0.1) is 0 Å². The number of hydrogen-bond donors (Lipinski definition) is 0. The molecule has 0 radical (unpaired) electrons. The van der Waals surface area contributed by atoms with Gasteiger partial charge in [0.25, 0.3) is 0 Å². The quantitative estimate of drug-likeness (QED) is 0.420.